The lowest BCUT2D eigenvalue weighted by Crippen LogP contribution is -2.25. The third kappa shape index (κ3) is 4.69. The Hall–Kier alpha value is -3.04. The molecule has 29 heavy (non-hydrogen) atoms. The van der Waals surface area contributed by atoms with Crippen LogP contribution in [-0.4, -0.2) is 35.9 Å². The van der Waals surface area contributed by atoms with Crippen LogP contribution >= 0.6 is 0 Å². The minimum atomic E-state index is -3.53. The van der Waals surface area contributed by atoms with Crippen LogP contribution in [0.2, 0.25) is 0 Å². The number of benzene rings is 2. The topological polar surface area (TPSA) is 106 Å². The van der Waals surface area contributed by atoms with Gasteiger partial charge in [-0.05, 0) is 62.1 Å². The highest BCUT2D eigenvalue weighted by Gasteiger charge is 2.24. The number of aromatic nitrogens is 3. The van der Waals surface area contributed by atoms with Crippen LogP contribution in [0.1, 0.15) is 28.9 Å². The van der Waals surface area contributed by atoms with Gasteiger partial charge in [0, 0.05) is 12.2 Å². The molecule has 150 valence electrons. The molecule has 8 nitrogen and oxygen atoms in total. The summed E-state index contributed by atoms with van der Waals surface area (Å²) in [6.07, 6.45) is 3.69. The highest BCUT2D eigenvalue weighted by atomic mass is 32.2. The van der Waals surface area contributed by atoms with Crippen LogP contribution in [0.15, 0.2) is 59.6 Å². The molecule has 0 bridgehead atoms. The van der Waals surface area contributed by atoms with Gasteiger partial charge in [0.15, 0.2) is 5.69 Å². The fourth-order valence-electron chi connectivity index (χ4n) is 2.74. The Morgan fingerprint density at radius 1 is 1.10 bits per heavy atom. The Kier molecular flexibility index (Phi) is 5.16. The van der Waals surface area contributed by atoms with Crippen LogP contribution < -0.4 is 10.0 Å². The first-order valence-electron chi connectivity index (χ1n) is 9.31. The van der Waals surface area contributed by atoms with Crippen molar-refractivity contribution in [1.29, 1.82) is 0 Å². The monoisotopic (exact) mass is 411 g/mol. The molecule has 2 aromatic carbocycles. The molecule has 0 unspecified atom stereocenters. The maximum absolute atomic E-state index is 12.4. The molecule has 1 saturated carbocycles. The van der Waals surface area contributed by atoms with E-state index in [0.717, 1.165) is 24.1 Å². The first-order valence-corrected chi connectivity index (χ1v) is 10.8. The lowest BCUT2D eigenvalue weighted by molar-refractivity contribution is 0.102. The quantitative estimate of drug-likeness (QED) is 0.621. The number of nitrogens with one attached hydrogen (secondary N) is 2. The van der Waals surface area contributed by atoms with E-state index in [2.05, 4.69) is 20.4 Å². The summed E-state index contributed by atoms with van der Waals surface area (Å²) >= 11 is 0. The van der Waals surface area contributed by atoms with Crippen molar-refractivity contribution in [2.24, 2.45) is 5.92 Å². The Morgan fingerprint density at radius 2 is 1.79 bits per heavy atom. The summed E-state index contributed by atoms with van der Waals surface area (Å²) in [4.78, 5) is 12.6. The molecule has 0 aliphatic heterocycles. The number of nitrogens with zero attached hydrogens (tertiary/aromatic N) is 3. The third-order valence-corrected chi connectivity index (χ3v) is 6.15. The minimum Gasteiger partial charge on any atom is -0.321 e. The average Bonchev–Trinajstić information content (AvgIpc) is 3.42. The van der Waals surface area contributed by atoms with E-state index in [-0.39, 0.29) is 10.6 Å². The molecular weight excluding hydrogens is 390 g/mol. The lowest BCUT2D eigenvalue weighted by atomic mass is 10.2. The second-order valence-corrected chi connectivity index (χ2v) is 8.92. The molecule has 0 saturated heterocycles. The number of carbonyl (C=O) groups excluding carboxylic acids is 1. The zero-order chi connectivity index (χ0) is 20.4. The lowest BCUT2D eigenvalue weighted by Gasteiger charge is -2.07. The summed E-state index contributed by atoms with van der Waals surface area (Å²) in [5, 5.41) is 10.6. The van der Waals surface area contributed by atoms with E-state index < -0.39 is 15.9 Å². The fourth-order valence-corrected chi connectivity index (χ4v) is 3.85. The summed E-state index contributed by atoms with van der Waals surface area (Å²) in [6.45, 7) is 2.46. The molecule has 0 radical (unpaired) electrons. The minimum absolute atomic E-state index is 0.161. The first kappa shape index (κ1) is 19.3. The van der Waals surface area contributed by atoms with Gasteiger partial charge in [0.05, 0.1) is 16.8 Å². The molecule has 0 spiro atoms. The van der Waals surface area contributed by atoms with E-state index in [1.807, 2.05) is 31.2 Å². The van der Waals surface area contributed by atoms with Crippen molar-refractivity contribution >= 4 is 21.6 Å². The van der Waals surface area contributed by atoms with E-state index in [0.29, 0.717) is 18.2 Å². The zero-order valence-electron chi connectivity index (χ0n) is 15.9. The van der Waals surface area contributed by atoms with Crippen LogP contribution in [-0.2, 0) is 10.0 Å². The van der Waals surface area contributed by atoms with Gasteiger partial charge in [-0.25, -0.2) is 17.8 Å². The van der Waals surface area contributed by atoms with Crippen molar-refractivity contribution in [3.8, 4) is 5.69 Å². The number of amides is 1. The van der Waals surface area contributed by atoms with Crippen LogP contribution in [0.5, 0.6) is 0 Å². The van der Waals surface area contributed by atoms with E-state index in [1.54, 1.807) is 18.3 Å². The second-order valence-electron chi connectivity index (χ2n) is 7.16. The zero-order valence-corrected chi connectivity index (χ0v) is 16.7. The van der Waals surface area contributed by atoms with Crippen molar-refractivity contribution in [2.75, 3.05) is 11.9 Å². The number of hydrogen-bond acceptors (Lipinski definition) is 5. The number of sulfonamides is 1. The van der Waals surface area contributed by atoms with Gasteiger partial charge in [0.25, 0.3) is 5.91 Å². The van der Waals surface area contributed by atoms with Gasteiger partial charge in [-0.2, -0.15) is 0 Å². The molecule has 0 atom stereocenters. The van der Waals surface area contributed by atoms with Crippen LogP contribution in [0, 0.1) is 12.8 Å². The Bertz CT molecular complexity index is 1120. The SMILES string of the molecule is Cc1ccc(-n2cc(C(=O)Nc3ccc(S(=O)(=O)NCC4CC4)cc3)nn2)cc1. The molecule has 3 aromatic rings. The smallest absolute Gasteiger partial charge is 0.277 e. The Labute approximate surface area is 169 Å². The highest BCUT2D eigenvalue weighted by Crippen LogP contribution is 2.28. The number of carbonyl (C=O) groups is 1. The molecule has 1 heterocycles. The number of anilines is 1. The van der Waals surface area contributed by atoms with Crippen LogP contribution in [0.4, 0.5) is 5.69 Å². The van der Waals surface area contributed by atoms with Gasteiger partial charge in [0.2, 0.25) is 10.0 Å². The predicted molar refractivity (Wildman–Crippen MR) is 108 cm³/mol. The largest absolute Gasteiger partial charge is 0.321 e. The van der Waals surface area contributed by atoms with Crippen molar-refractivity contribution < 1.29 is 13.2 Å². The molecule has 1 aliphatic rings. The molecule has 1 aliphatic carbocycles. The molecule has 2 N–H and O–H groups in total. The highest BCUT2D eigenvalue weighted by molar-refractivity contribution is 7.89. The van der Waals surface area contributed by atoms with Gasteiger partial charge < -0.3 is 5.32 Å². The average molecular weight is 411 g/mol. The maximum atomic E-state index is 12.4. The van der Waals surface area contributed by atoms with E-state index >= 15 is 0 Å². The number of rotatable bonds is 7. The molecule has 1 amide bonds. The van der Waals surface area contributed by atoms with E-state index in [1.165, 1.54) is 16.8 Å². The van der Waals surface area contributed by atoms with Crippen molar-refractivity contribution in [1.82, 2.24) is 19.7 Å². The standard InChI is InChI=1S/C20H21N5O3S/c1-14-2-8-17(9-3-14)25-13-19(23-24-25)20(26)22-16-6-10-18(11-7-16)29(27,28)21-12-15-4-5-15/h2-3,6-11,13,15,21H,4-5,12H2,1H3,(H,22,26). The van der Waals surface area contributed by atoms with E-state index in [4.69, 9.17) is 0 Å². The summed E-state index contributed by atoms with van der Waals surface area (Å²) in [5.41, 5.74) is 2.56. The second kappa shape index (κ2) is 7.76. The van der Waals surface area contributed by atoms with Crippen molar-refractivity contribution in [3.63, 3.8) is 0 Å². The van der Waals surface area contributed by atoms with Crippen molar-refractivity contribution in [3.05, 3.63) is 66.0 Å². The number of aryl methyl sites for hydroxylation is 1. The van der Waals surface area contributed by atoms with Crippen LogP contribution in [0.3, 0.4) is 0 Å². The van der Waals surface area contributed by atoms with Crippen molar-refractivity contribution in [2.45, 2.75) is 24.7 Å². The third-order valence-electron chi connectivity index (χ3n) is 4.71. The summed E-state index contributed by atoms with van der Waals surface area (Å²) < 4.78 is 28.6. The molecule has 1 fully saturated rings. The Morgan fingerprint density at radius 3 is 2.45 bits per heavy atom. The maximum Gasteiger partial charge on any atom is 0.277 e. The van der Waals surface area contributed by atoms with Gasteiger partial charge in [-0.15, -0.1) is 5.10 Å². The molecule has 9 heteroatoms. The summed E-state index contributed by atoms with van der Waals surface area (Å²) in [6, 6.07) is 13.7. The van der Waals surface area contributed by atoms with Gasteiger partial charge >= 0.3 is 0 Å². The van der Waals surface area contributed by atoms with Gasteiger partial charge in [-0.1, -0.05) is 22.9 Å². The Balaban J connectivity index is 1.41. The first-order chi connectivity index (χ1) is 13.9. The molecule has 4 rings (SSSR count). The van der Waals surface area contributed by atoms with Crippen LogP contribution in [0.25, 0.3) is 5.69 Å². The van der Waals surface area contributed by atoms with Gasteiger partial charge in [-0.3, -0.25) is 4.79 Å². The van der Waals surface area contributed by atoms with Gasteiger partial charge in [0.1, 0.15) is 0 Å². The fraction of sp³-hybridized carbons (Fsp3) is 0.250. The normalized spacial score (nSPS) is 14.0. The molecule has 1 aromatic heterocycles. The predicted octanol–water partition coefficient (Wildman–Crippen LogP) is 2.52. The number of hydrogen-bond donors (Lipinski definition) is 2. The van der Waals surface area contributed by atoms with E-state index in [9.17, 15) is 13.2 Å². The summed E-state index contributed by atoms with van der Waals surface area (Å²) in [5.74, 6) is 0.0301. The summed E-state index contributed by atoms with van der Waals surface area (Å²) in [7, 11) is -3.53. The molecular formula is C20H21N5O3S.